The van der Waals surface area contributed by atoms with Gasteiger partial charge in [0.2, 0.25) is 0 Å². The Morgan fingerprint density at radius 2 is 2.20 bits per heavy atom. The van der Waals surface area contributed by atoms with Crippen molar-refractivity contribution in [2.24, 2.45) is 0 Å². The maximum absolute atomic E-state index is 12.5. The first kappa shape index (κ1) is 16.1. The summed E-state index contributed by atoms with van der Waals surface area (Å²) in [6.07, 6.45) is 6.24. The van der Waals surface area contributed by atoms with Crippen LogP contribution in [0.2, 0.25) is 0 Å². The SMILES string of the molecule is Cc1cc(C)n(C2CCN(C(=O)NCc3cnc4c(c3)CCC4)C2)n1. The summed E-state index contributed by atoms with van der Waals surface area (Å²) >= 11 is 0. The second-order valence-corrected chi connectivity index (χ2v) is 7.22. The number of pyridine rings is 1. The number of carbonyl (C=O) groups excluding carboxylic acids is 1. The number of nitrogens with one attached hydrogen (secondary N) is 1. The summed E-state index contributed by atoms with van der Waals surface area (Å²) in [5, 5.41) is 7.60. The first-order valence-electron chi connectivity index (χ1n) is 9.12. The van der Waals surface area contributed by atoms with Gasteiger partial charge in [-0.1, -0.05) is 6.07 Å². The summed E-state index contributed by atoms with van der Waals surface area (Å²) in [4.78, 5) is 18.9. The summed E-state index contributed by atoms with van der Waals surface area (Å²) in [7, 11) is 0. The molecule has 6 heteroatoms. The van der Waals surface area contributed by atoms with Crippen LogP contribution in [-0.2, 0) is 19.4 Å². The number of hydrogen-bond donors (Lipinski definition) is 1. The van der Waals surface area contributed by atoms with Crippen LogP contribution in [0.15, 0.2) is 18.3 Å². The summed E-state index contributed by atoms with van der Waals surface area (Å²) in [5.74, 6) is 0. The molecule has 0 aromatic carbocycles. The zero-order valence-electron chi connectivity index (χ0n) is 15.0. The Labute approximate surface area is 148 Å². The average molecular weight is 339 g/mol. The van der Waals surface area contributed by atoms with Gasteiger partial charge in [0.25, 0.3) is 0 Å². The number of carbonyl (C=O) groups is 1. The molecule has 1 unspecified atom stereocenters. The van der Waals surface area contributed by atoms with Gasteiger partial charge >= 0.3 is 6.03 Å². The highest BCUT2D eigenvalue weighted by molar-refractivity contribution is 5.74. The van der Waals surface area contributed by atoms with Gasteiger partial charge < -0.3 is 10.2 Å². The van der Waals surface area contributed by atoms with Gasteiger partial charge in [-0.15, -0.1) is 0 Å². The fourth-order valence-corrected chi connectivity index (χ4v) is 4.00. The zero-order chi connectivity index (χ0) is 17.4. The van der Waals surface area contributed by atoms with Crippen molar-refractivity contribution >= 4 is 6.03 Å². The van der Waals surface area contributed by atoms with Gasteiger partial charge in [-0.2, -0.15) is 5.10 Å². The third-order valence-corrected chi connectivity index (χ3v) is 5.26. The van der Waals surface area contributed by atoms with Crippen molar-refractivity contribution in [3.05, 3.63) is 46.5 Å². The van der Waals surface area contributed by atoms with Crippen molar-refractivity contribution in [3.8, 4) is 0 Å². The van der Waals surface area contributed by atoms with Gasteiger partial charge in [-0.05, 0) is 56.7 Å². The van der Waals surface area contributed by atoms with E-state index in [1.165, 1.54) is 17.7 Å². The van der Waals surface area contributed by atoms with Crippen molar-refractivity contribution in [1.29, 1.82) is 0 Å². The van der Waals surface area contributed by atoms with Crippen LogP contribution in [0.1, 0.15) is 47.1 Å². The van der Waals surface area contributed by atoms with E-state index in [0.29, 0.717) is 6.54 Å². The van der Waals surface area contributed by atoms with E-state index in [4.69, 9.17) is 0 Å². The van der Waals surface area contributed by atoms with E-state index in [0.717, 1.165) is 49.3 Å². The molecule has 1 saturated heterocycles. The third-order valence-electron chi connectivity index (χ3n) is 5.26. The first-order chi connectivity index (χ1) is 12.1. The lowest BCUT2D eigenvalue weighted by Crippen LogP contribution is -2.38. The number of rotatable bonds is 3. The molecule has 132 valence electrons. The number of hydrogen-bond acceptors (Lipinski definition) is 3. The van der Waals surface area contributed by atoms with Crippen LogP contribution in [0.4, 0.5) is 4.79 Å². The highest BCUT2D eigenvalue weighted by Crippen LogP contribution is 2.23. The predicted molar refractivity (Wildman–Crippen MR) is 95.4 cm³/mol. The summed E-state index contributed by atoms with van der Waals surface area (Å²) in [5.41, 5.74) is 5.85. The number of amides is 2. The molecule has 2 aromatic rings. The van der Waals surface area contributed by atoms with E-state index in [-0.39, 0.29) is 12.1 Å². The third kappa shape index (κ3) is 3.25. The molecule has 2 amide bonds. The van der Waals surface area contributed by atoms with Crippen LogP contribution >= 0.6 is 0 Å². The molecule has 0 radical (unpaired) electrons. The van der Waals surface area contributed by atoms with Crippen LogP contribution in [0.3, 0.4) is 0 Å². The quantitative estimate of drug-likeness (QED) is 0.935. The molecule has 2 aliphatic rings. The minimum atomic E-state index is 0.00419. The van der Waals surface area contributed by atoms with Crippen molar-refractivity contribution in [2.75, 3.05) is 13.1 Å². The molecule has 1 aliphatic heterocycles. The second kappa shape index (κ2) is 6.50. The van der Waals surface area contributed by atoms with E-state index in [1.54, 1.807) is 0 Å². The second-order valence-electron chi connectivity index (χ2n) is 7.22. The van der Waals surface area contributed by atoms with Crippen LogP contribution in [0.25, 0.3) is 0 Å². The van der Waals surface area contributed by atoms with Gasteiger partial charge in [0.05, 0.1) is 11.7 Å². The number of likely N-dealkylation sites (tertiary alicyclic amines) is 1. The van der Waals surface area contributed by atoms with Gasteiger partial charge in [0.1, 0.15) is 0 Å². The Hall–Kier alpha value is -2.37. The predicted octanol–water partition coefficient (Wildman–Crippen LogP) is 2.54. The Morgan fingerprint density at radius 1 is 1.32 bits per heavy atom. The molecule has 1 fully saturated rings. The smallest absolute Gasteiger partial charge is 0.317 e. The Balaban J connectivity index is 1.34. The lowest BCUT2D eigenvalue weighted by atomic mass is 10.1. The highest BCUT2D eigenvalue weighted by atomic mass is 16.2. The molecular formula is C19H25N5O. The number of nitrogens with zero attached hydrogens (tertiary/aromatic N) is 4. The minimum Gasteiger partial charge on any atom is -0.334 e. The van der Waals surface area contributed by atoms with Gasteiger partial charge in [0.15, 0.2) is 0 Å². The fourth-order valence-electron chi connectivity index (χ4n) is 4.00. The summed E-state index contributed by atoms with van der Waals surface area (Å²) < 4.78 is 2.06. The zero-order valence-corrected chi connectivity index (χ0v) is 15.0. The maximum atomic E-state index is 12.5. The van der Waals surface area contributed by atoms with E-state index < -0.39 is 0 Å². The number of aryl methyl sites for hydroxylation is 4. The average Bonchev–Trinajstić information content (AvgIpc) is 3.31. The molecule has 0 bridgehead atoms. The maximum Gasteiger partial charge on any atom is 0.317 e. The van der Waals surface area contributed by atoms with E-state index in [9.17, 15) is 4.79 Å². The topological polar surface area (TPSA) is 63.1 Å². The molecule has 3 heterocycles. The molecule has 0 spiro atoms. The fraction of sp³-hybridized carbons (Fsp3) is 0.526. The van der Waals surface area contributed by atoms with Crippen molar-refractivity contribution < 1.29 is 4.79 Å². The molecule has 1 atom stereocenters. The summed E-state index contributed by atoms with van der Waals surface area (Å²) in [6, 6.07) is 4.56. The van der Waals surface area contributed by atoms with Gasteiger partial charge in [-0.3, -0.25) is 9.67 Å². The Kier molecular flexibility index (Phi) is 4.19. The molecule has 0 saturated carbocycles. The number of urea groups is 1. The van der Waals surface area contributed by atoms with Gasteiger partial charge in [-0.25, -0.2) is 4.79 Å². The first-order valence-corrected chi connectivity index (χ1v) is 9.12. The lowest BCUT2D eigenvalue weighted by Gasteiger charge is -2.18. The van der Waals surface area contributed by atoms with E-state index >= 15 is 0 Å². The van der Waals surface area contributed by atoms with E-state index in [2.05, 4.69) is 39.1 Å². The largest absolute Gasteiger partial charge is 0.334 e. The lowest BCUT2D eigenvalue weighted by molar-refractivity contribution is 0.206. The van der Waals surface area contributed by atoms with Crippen LogP contribution in [-0.4, -0.2) is 38.8 Å². The van der Waals surface area contributed by atoms with Crippen LogP contribution in [0.5, 0.6) is 0 Å². The van der Waals surface area contributed by atoms with Gasteiger partial charge in [0, 0.05) is 37.2 Å². The molecular weight excluding hydrogens is 314 g/mol. The minimum absolute atomic E-state index is 0.00419. The molecule has 4 rings (SSSR count). The highest BCUT2D eigenvalue weighted by Gasteiger charge is 2.28. The van der Waals surface area contributed by atoms with Crippen LogP contribution in [0, 0.1) is 13.8 Å². The Morgan fingerprint density at radius 3 is 3.00 bits per heavy atom. The van der Waals surface area contributed by atoms with Crippen molar-refractivity contribution in [3.63, 3.8) is 0 Å². The summed E-state index contributed by atoms with van der Waals surface area (Å²) in [6.45, 7) is 6.12. The standard InChI is InChI=1S/C19H25N5O/c1-13-8-14(2)24(22-13)17-6-7-23(12-17)19(25)21-11-15-9-16-4-3-5-18(16)20-10-15/h8-10,17H,3-7,11-12H2,1-2H3,(H,21,25). The van der Waals surface area contributed by atoms with E-state index in [1.807, 2.05) is 18.0 Å². The number of aromatic nitrogens is 3. The normalized spacial score (nSPS) is 19.3. The molecule has 6 nitrogen and oxygen atoms in total. The monoisotopic (exact) mass is 339 g/mol. The van der Waals surface area contributed by atoms with Crippen molar-refractivity contribution in [2.45, 2.75) is 52.1 Å². The Bertz CT molecular complexity index is 797. The number of fused-ring (bicyclic) bond motifs is 1. The van der Waals surface area contributed by atoms with Crippen molar-refractivity contribution in [1.82, 2.24) is 25.0 Å². The molecule has 1 N–H and O–H groups in total. The molecule has 25 heavy (non-hydrogen) atoms. The van der Waals surface area contributed by atoms with Crippen LogP contribution < -0.4 is 5.32 Å². The molecule has 1 aliphatic carbocycles. The molecule has 2 aromatic heterocycles.